The third-order valence-corrected chi connectivity index (χ3v) is 3.09. The minimum Gasteiger partial charge on any atom is -0.466 e. The van der Waals surface area contributed by atoms with Crippen LogP contribution in [0.4, 0.5) is 0 Å². The number of carbonyl (C=O) groups excluding carboxylic acids is 1. The first-order valence-electron chi connectivity index (χ1n) is 6.73. The molecule has 2 aromatic rings. The van der Waals surface area contributed by atoms with Crippen LogP contribution < -0.4 is 0 Å². The summed E-state index contributed by atoms with van der Waals surface area (Å²) in [6, 6.07) is 6.30. The number of fused-ring (bicyclic) bond motifs is 1. The van der Waals surface area contributed by atoms with Crippen LogP contribution in [-0.4, -0.2) is 22.4 Å². The molecule has 0 fully saturated rings. The van der Waals surface area contributed by atoms with Gasteiger partial charge in [0.05, 0.1) is 25.1 Å². The van der Waals surface area contributed by atoms with E-state index in [9.17, 15) is 4.79 Å². The molecule has 0 amide bonds. The number of benzene rings is 1. The fourth-order valence-electron chi connectivity index (χ4n) is 2.01. The van der Waals surface area contributed by atoms with E-state index in [1.165, 1.54) is 5.56 Å². The second-order valence-electron chi connectivity index (χ2n) is 4.92. The van der Waals surface area contributed by atoms with E-state index in [1.807, 2.05) is 23.9 Å². The highest BCUT2D eigenvalue weighted by Crippen LogP contribution is 2.20. The SMILES string of the molecule is CCOC(=O)CCn1cc2cc(C(C)C)ccc2n1. The van der Waals surface area contributed by atoms with Gasteiger partial charge in [-0.15, -0.1) is 0 Å². The van der Waals surface area contributed by atoms with Crippen LogP contribution in [0, 0.1) is 0 Å². The zero-order valence-electron chi connectivity index (χ0n) is 11.7. The molecule has 0 aliphatic heterocycles. The first kappa shape index (κ1) is 13.6. The van der Waals surface area contributed by atoms with E-state index in [2.05, 4.69) is 31.1 Å². The Morgan fingerprint density at radius 2 is 2.21 bits per heavy atom. The predicted octanol–water partition coefficient (Wildman–Crippen LogP) is 3.11. The quantitative estimate of drug-likeness (QED) is 0.776. The lowest BCUT2D eigenvalue weighted by Gasteiger charge is -2.03. The van der Waals surface area contributed by atoms with E-state index in [-0.39, 0.29) is 5.97 Å². The molecule has 0 unspecified atom stereocenters. The van der Waals surface area contributed by atoms with Crippen LogP contribution in [0.25, 0.3) is 10.9 Å². The van der Waals surface area contributed by atoms with Crippen molar-refractivity contribution < 1.29 is 9.53 Å². The third kappa shape index (κ3) is 3.34. The Kier molecular flexibility index (Phi) is 4.20. The number of aryl methyl sites for hydroxylation is 1. The summed E-state index contributed by atoms with van der Waals surface area (Å²) in [6.45, 7) is 7.15. The van der Waals surface area contributed by atoms with Gasteiger partial charge in [0, 0.05) is 11.6 Å². The van der Waals surface area contributed by atoms with Crippen molar-refractivity contribution in [2.24, 2.45) is 0 Å². The average Bonchev–Trinajstić information content (AvgIpc) is 2.78. The van der Waals surface area contributed by atoms with Gasteiger partial charge in [0.2, 0.25) is 0 Å². The van der Waals surface area contributed by atoms with Crippen LogP contribution in [0.5, 0.6) is 0 Å². The Balaban J connectivity index is 2.11. The van der Waals surface area contributed by atoms with Crippen molar-refractivity contribution in [3.05, 3.63) is 30.0 Å². The third-order valence-electron chi connectivity index (χ3n) is 3.09. The van der Waals surface area contributed by atoms with Gasteiger partial charge in [-0.1, -0.05) is 19.9 Å². The number of carbonyl (C=O) groups is 1. The van der Waals surface area contributed by atoms with Gasteiger partial charge in [-0.05, 0) is 30.5 Å². The molecule has 0 radical (unpaired) electrons. The molecule has 102 valence electrons. The highest BCUT2D eigenvalue weighted by molar-refractivity contribution is 5.79. The Labute approximate surface area is 113 Å². The summed E-state index contributed by atoms with van der Waals surface area (Å²) in [7, 11) is 0. The van der Waals surface area contributed by atoms with Crippen molar-refractivity contribution in [1.29, 1.82) is 0 Å². The first-order valence-corrected chi connectivity index (χ1v) is 6.73. The Bertz CT molecular complexity index is 573. The number of ether oxygens (including phenoxy) is 1. The zero-order valence-corrected chi connectivity index (χ0v) is 11.7. The Morgan fingerprint density at radius 3 is 2.89 bits per heavy atom. The number of hydrogen-bond donors (Lipinski definition) is 0. The summed E-state index contributed by atoms with van der Waals surface area (Å²) in [5, 5.41) is 5.57. The normalized spacial score (nSPS) is 11.2. The van der Waals surface area contributed by atoms with Gasteiger partial charge in [-0.25, -0.2) is 0 Å². The van der Waals surface area contributed by atoms with Crippen molar-refractivity contribution in [3.63, 3.8) is 0 Å². The lowest BCUT2D eigenvalue weighted by Crippen LogP contribution is -2.09. The second kappa shape index (κ2) is 5.87. The van der Waals surface area contributed by atoms with E-state index in [0.717, 1.165) is 10.9 Å². The average molecular weight is 260 g/mol. The topological polar surface area (TPSA) is 44.1 Å². The molecule has 4 heteroatoms. The maximum atomic E-state index is 11.3. The van der Waals surface area contributed by atoms with E-state index in [0.29, 0.717) is 25.5 Å². The van der Waals surface area contributed by atoms with Gasteiger partial charge in [-0.2, -0.15) is 5.10 Å². The molecule has 0 saturated heterocycles. The van der Waals surface area contributed by atoms with Crippen LogP contribution >= 0.6 is 0 Å². The van der Waals surface area contributed by atoms with Gasteiger partial charge in [0.15, 0.2) is 0 Å². The van der Waals surface area contributed by atoms with Crippen LogP contribution in [0.2, 0.25) is 0 Å². The van der Waals surface area contributed by atoms with Crippen LogP contribution in [-0.2, 0) is 16.1 Å². The van der Waals surface area contributed by atoms with Gasteiger partial charge in [0.25, 0.3) is 0 Å². The van der Waals surface area contributed by atoms with E-state index in [1.54, 1.807) is 0 Å². The molecule has 4 nitrogen and oxygen atoms in total. The Hall–Kier alpha value is -1.84. The molecule has 1 heterocycles. The molecule has 0 N–H and O–H groups in total. The number of hydrogen-bond acceptors (Lipinski definition) is 3. The summed E-state index contributed by atoms with van der Waals surface area (Å²) in [5.74, 6) is 0.331. The van der Waals surface area contributed by atoms with Crippen molar-refractivity contribution in [2.45, 2.75) is 39.7 Å². The molecule has 1 aromatic heterocycles. The van der Waals surface area contributed by atoms with Crippen molar-refractivity contribution in [2.75, 3.05) is 6.61 Å². The first-order chi connectivity index (χ1) is 9.10. The molecule has 0 atom stereocenters. The molecular formula is C15H20N2O2. The largest absolute Gasteiger partial charge is 0.466 e. The fourth-order valence-corrected chi connectivity index (χ4v) is 2.01. The zero-order chi connectivity index (χ0) is 13.8. The maximum Gasteiger partial charge on any atom is 0.307 e. The molecule has 19 heavy (non-hydrogen) atoms. The van der Waals surface area contributed by atoms with Crippen LogP contribution in [0.1, 0.15) is 38.7 Å². The minimum absolute atomic E-state index is 0.176. The monoisotopic (exact) mass is 260 g/mol. The van der Waals surface area contributed by atoms with Crippen molar-refractivity contribution in [1.82, 2.24) is 9.78 Å². The van der Waals surface area contributed by atoms with Gasteiger partial charge >= 0.3 is 5.97 Å². The molecule has 0 spiro atoms. The molecule has 1 aromatic carbocycles. The van der Waals surface area contributed by atoms with Crippen LogP contribution in [0.3, 0.4) is 0 Å². The number of esters is 1. The smallest absolute Gasteiger partial charge is 0.307 e. The predicted molar refractivity (Wildman–Crippen MR) is 75.1 cm³/mol. The lowest BCUT2D eigenvalue weighted by molar-refractivity contribution is -0.143. The molecule has 0 aliphatic carbocycles. The standard InChI is InChI=1S/C15H20N2O2/c1-4-19-15(18)7-8-17-10-13-9-12(11(2)3)5-6-14(13)16-17/h5-6,9-11H,4,7-8H2,1-3H3. The maximum absolute atomic E-state index is 11.3. The molecule has 0 aliphatic rings. The highest BCUT2D eigenvalue weighted by Gasteiger charge is 2.06. The van der Waals surface area contributed by atoms with E-state index >= 15 is 0 Å². The van der Waals surface area contributed by atoms with Gasteiger partial charge in [-0.3, -0.25) is 9.48 Å². The molecule has 0 saturated carbocycles. The minimum atomic E-state index is -0.176. The summed E-state index contributed by atoms with van der Waals surface area (Å²) in [4.78, 5) is 11.3. The highest BCUT2D eigenvalue weighted by atomic mass is 16.5. The van der Waals surface area contributed by atoms with Crippen LogP contribution in [0.15, 0.2) is 24.4 Å². The molecule has 2 rings (SSSR count). The van der Waals surface area contributed by atoms with Gasteiger partial charge in [0.1, 0.15) is 0 Å². The number of rotatable bonds is 5. The Morgan fingerprint density at radius 1 is 1.42 bits per heavy atom. The molecule has 0 bridgehead atoms. The second-order valence-corrected chi connectivity index (χ2v) is 4.92. The molecular weight excluding hydrogens is 240 g/mol. The van der Waals surface area contributed by atoms with E-state index in [4.69, 9.17) is 4.74 Å². The van der Waals surface area contributed by atoms with Gasteiger partial charge < -0.3 is 4.74 Å². The van der Waals surface area contributed by atoms with Crippen molar-refractivity contribution >= 4 is 16.9 Å². The fraction of sp³-hybridized carbons (Fsp3) is 0.467. The summed E-state index contributed by atoms with van der Waals surface area (Å²) < 4.78 is 6.72. The number of aromatic nitrogens is 2. The summed E-state index contributed by atoms with van der Waals surface area (Å²) >= 11 is 0. The van der Waals surface area contributed by atoms with E-state index < -0.39 is 0 Å². The summed E-state index contributed by atoms with van der Waals surface area (Å²) in [5.41, 5.74) is 2.27. The number of nitrogens with zero attached hydrogens (tertiary/aromatic N) is 2. The lowest BCUT2D eigenvalue weighted by atomic mass is 10.0. The summed E-state index contributed by atoms with van der Waals surface area (Å²) in [6.07, 6.45) is 2.35. The van der Waals surface area contributed by atoms with Crippen molar-refractivity contribution in [3.8, 4) is 0 Å².